The molecule has 1 heterocycles. The minimum Gasteiger partial charge on any atom is -0.393 e. The van der Waals surface area contributed by atoms with Crippen molar-refractivity contribution in [3.8, 4) is 0 Å². The van der Waals surface area contributed by atoms with Crippen LogP contribution in [0.3, 0.4) is 0 Å². The fraction of sp³-hybridized carbons (Fsp3) is 0.905. The van der Waals surface area contributed by atoms with Crippen molar-refractivity contribution in [2.24, 2.45) is 10.9 Å². The number of aliphatic hydroxyl groups is 1. The molecule has 0 aromatic carbocycles. The van der Waals surface area contributed by atoms with Gasteiger partial charge in [-0.2, -0.15) is 0 Å². The Hall–Kier alpha value is -0.610. The van der Waals surface area contributed by atoms with E-state index in [9.17, 15) is 9.90 Å². The van der Waals surface area contributed by atoms with Gasteiger partial charge in [-0.1, -0.05) is 6.42 Å². The van der Waals surface area contributed by atoms with E-state index in [4.69, 9.17) is 4.99 Å². The number of nitrogens with one attached hydrogen (secondary N) is 3. The van der Waals surface area contributed by atoms with Crippen LogP contribution in [-0.2, 0) is 4.79 Å². The first-order valence-corrected chi connectivity index (χ1v) is 11.4. The van der Waals surface area contributed by atoms with Crippen LogP contribution in [0.4, 0.5) is 0 Å². The molecule has 2 saturated carbocycles. The van der Waals surface area contributed by atoms with Crippen molar-refractivity contribution < 1.29 is 9.90 Å². The number of hydrogen-bond acceptors (Lipinski definition) is 4. The van der Waals surface area contributed by atoms with E-state index in [1.54, 1.807) is 0 Å². The highest BCUT2D eigenvalue weighted by molar-refractivity contribution is 14.0. The fourth-order valence-electron chi connectivity index (χ4n) is 4.25. The summed E-state index contributed by atoms with van der Waals surface area (Å²) in [4.78, 5) is 19.6. The Labute approximate surface area is 192 Å². The van der Waals surface area contributed by atoms with Gasteiger partial charge < -0.3 is 26.0 Å². The average molecular weight is 521 g/mol. The third kappa shape index (κ3) is 8.96. The zero-order valence-corrected chi connectivity index (χ0v) is 20.2. The minimum absolute atomic E-state index is 0. The lowest BCUT2D eigenvalue weighted by Crippen LogP contribution is -2.47. The summed E-state index contributed by atoms with van der Waals surface area (Å²) in [6.07, 6.45) is 9.12. The van der Waals surface area contributed by atoms with E-state index in [-0.39, 0.29) is 41.9 Å². The highest BCUT2D eigenvalue weighted by atomic mass is 127. The molecule has 0 bridgehead atoms. The Morgan fingerprint density at radius 2 is 1.83 bits per heavy atom. The van der Waals surface area contributed by atoms with Crippen molar-refractivity contribution in [3.63, 3.8) is 0 Å². The van der Waals surface area contributed by atoms with Gasteiger partial charge in [0.05, 0.1) is 6.10 Å². The quantitative estimate of drug-likeness (QED) is 0.170. The molecule has 2 aliphatic carbocycles. The zero-order valence-electron chi connectivity index (χ0n) is 17.9. The Morgan fingerprint density at radius 3 is 2.52 bits per heavy atom. The van der Waals surface area contributed by atoms with Crippen LogP contribution < -0.4 is 16.0 Å². The summed E-state index contributed by atoms with van der Waals surface area (Å²) < 4.78 is 0. The van der Waals surface area contributed by atoms with Crippen LogP contribution in [0.1, 0.15) is 64.7 Å². The van der Waals surface area contributed by atoms with Crippen LogP contribution in [0, 0.1) is 5.92 Å². The van der Waals surface area contributed by atoms with Gasteiger partial charge in [0.15, 0.2) is 5.96 Å². The lowest BCUT2D eigenvalue weighted by Gasteiger charge is -2.30. The Kier molecular flexibility index (Phi) is 11.0. The first-order chi connectivity index (χ1) is 13.6. The second kappa shape index (κ2) is 12.9. The van der Waals surface area contributed by atoms with Gasteiger partial charge in [-0.25, -0.2) is 0 Å². The lowest BCUT2D eigenvalue weighted by molar-refractivity contribution is -0.126. The standard InChI is InChI=1S/C21H39N5O2.HI/c1-2-22-21(23-11-4-12-26-13-9-19(27)10-14-26)25-18-6-3-5-16(15-18)20(28)24-17-7-8-17;/h16-19,27H,2-15H2,1H3,(H,24,28)(H2,22,23,25);1H. The van der Waals surface area contributed by atoms with Crippen molar-refractivity contribution in [2.45, 2.75) is 82.9 Å². The van der Waals surface area contributed by atoms with E-state index in [0.717, 1.165) is 96.5 Å². The molecule has 168 valence electrons. The van der Waals surface area contributed by atoms with Gasteiger partial charge in [-0.05, 0) is 64.8 Å². The molecule has 8 heteroatoms. The number of likely N-dealkylation sites (tertiary alicyclic amines) is 1. The molecule has 7 nitrogen and oxygen atoms in total. The molecule has 1 amide bonds. The van der Waals surface area contributed by atoms with E-state index in [2.05, 4.69) is 27.8 Å². The fourth-order valence-corrected chi connectivity index (χ4v) is 4.25. The van der Waals surface area contributed by atoms with Crippen molar-refractivity contribution in [1.82, 2.24) is 20.9 Å². The minimum atomic E-state index is -0.107. The van der Waals surface area contributed by atoms with Crippen LogP contribution in [0.2, 0.25) is 0 Å². The van der Waals surface area contributed by atoms with Gasteiger partial charge in [-0.15, -0.1) is 24.0 Å². The number of amides is 1. The molecule has 0 spiro atoms. The highest BCUT2D eigenvalue weighted by Gasteiger charge is 2.31. The molecule has 0 radical (unpaired) electrons. The van der Waals surface area contributed by atoms with Gasteiger partial charge in [0.2, 0.25) is 5.91 Å². The second-order valence-electron chi connectivity index (χ2n) is 8.67. The number of carbonyl (C=O) groups excluding carboxylic acids is 1. The Bertz CT molecular complexity index is 521. The van der Waals surface area contributed by atoms with Crippen LogP contribution >= 0.6 is 24.0 Å². The summed E-state index contributed by atoms with van der Waals surface area (Å²) in [6.45, 7) is 6.76. The number of aliphatic imine (C=N–C) groups is 1. The van der Waals surface area contributed by atoms with Crippen LogP contribution in [-0.4, -0.2) is 72.8 Å². The zero-order chi connectivity index (χ0) is 19.8. The molecule has 3 aliphatic rings. The summed E-state index contributed by atoms with van der Waals surface area (Å²) in [5.41, 5.74) is 0. The summed E-state index contributed by atoms with van der Waals surface area (Å²) in [5.74, 6) is 1.27. The molecular formula is C21H40IN5O2. The summed E-state index contributed by atoms with van der Waals surface area (Å²) in [7, 11) is 0. The van der Waals surface area contributed by atoms with Gasteiger partial charge in [0, 0.05) is 44.2 Å². The molecule has 0 aromatic rings. The molecular weight excluding hydrogens is 481 g/mol. The number of nitrogens with zero attached hydrogens (tertiary/aromatic N) is 2. The van der Waals surface area contributed by atoms with E-state index >= 15 is 0 Å². The topological polar surface area (TPSA) is 89.0 Å². The number of aliphatic hydroxyl groups excluding tert-OH is 1. The Balaban J connectivity index is 0.00000300. The highest BCUT2D eigenvalue weighted by Crippen LogP contribution is 2.26. The molecule has 2 atom stereocenters. The molecule has 29 heavy (non-hydrogen) atoms. The lowest BCUT2D eigenvalue weighted by atomic mass is 9.85. The van der Waals surface area contributed by atoms with Crippen LogP contribution in [0.5, 0.6) is 0 Å². The predicted octanol–water partition coefficient (Wildman–Crippen LogP) is 1.84. The smallest absolute Gasteiger partial charge is 0.223 e. The number of guanidine groups is 1. The molecule has 1 aliphatic heterocycles. The monoisotopic (exact) mass is 521 g/mol. The Morgan fingerprint density at radius 1 is 1.07 bits per heavy atom. The number of hydrogen-bond donors (Lipinski definition) is 4. The average Bonchev–Trinajstić information content (AvgIpc) is 3.51. The van der Waals surface area contributed by atoms with E-state index in [1.807, 2.05) is 0 Å². The number of carbonyl (C=O) groups is 1. The first-order valence-electron chi connectivity index (χ1n) is 11.4. The first kappa shape index (κ1) is 24.7. The van der Waals surface area contributed by atoms with Gasteiger partial charge >= 0.3 is 0 Å². The maximum absolute atomic E-state index is 12.4. The van der Waals surface area contributed by atoms with Gasteiger partial charge in [0.1, 0.15) is 0 Å². The molecule has 3 fully saturated rings. The SMILES string of the molecule is CCNC(=NCCCN1CCC(O)CC1)NC1CCCC(C(=O)NC2CC2)C1.I. The van der Waals surface area contributed by atoms with Crippen molar-refractivity contribution >= 4 is 35.8 Å². The number of piperidine rings is 1. The van der Waals surface area contributed by atoms with Gasteiger partial charge in [-0.3, -0.25) is 9.79 Å². The summed E-state index contributed by atoms with van der Waals surface area (Å²) in [6, 6.07) is 0.771. The van der Waals surface area contributed by atoms with E-state index < -0.39 is 0 Å². The molecule has 2 unspecified atom stereocenters. The molecule has 1 saturated heterocycles. The third-order valence-corrected chi connectivity index (χ3v) is 6.11. The van der Waals surface area contributed by atoms with Crippen molar-refractivity contribution in [2.75, 3.05) is 32.7 Å². The van der Waals surface area contributed by atoms with E-state index in [1.165, 1.54) is 0 Å². The maximum atomic E-state index is 12.4. The second-order valence-corrected chi connectivity index (χ2v) is 8.67. The maximum Gasteiger partial charge on any atom is 0.223 e. The number of halogens is 1. The van der Waals surface area contributed by atoms with Crippen LogP contribution in [0.25, 0.3) is 0 Å². The molecule has 3 rings (SSSR count). The normalized spacial score (nSPS) is 26.5. The third-order valence-electron chi connectivity index (χ3n) is 6.11. The summed E-state index contributed by atoms with van der Waals surface area (Å²) in [5, 5.41) is 19.7. The van der Waals surface area contributed by atoms with Crippen LogP contribution in [0.15, 0.2) is 4.99 Å². The number of rotatable bonds is 8. The van der Waals surface area contributed by atoms with Crippen molar-refractivity contribution in [3.05, 3.63) is 0 Å². The van der Waals surface area contributed by atoms with E-state index in [0.29, 0.717) is 12.1 Å². The largest absolute Gasteiger partial charge is 0.393 e. The molecule has 4 N–H and O–H groups in total. The molecule has 0 aromatic heterocycles. The predicted molar refractivity (Wildman–Crippen MR) is 128 cm³/mol. The van der Waals surface area contributed by atoms with Crippen molar-refractivity contribution in [1.29, 1.82) is 0 Å². The van der Waals surface area contributed by atoms with Gasteiger partial charge in [0.25, 0.3) is 0 Å². The summed E-state index contributed by atoms with van der Waals surface area (Å²) >= 11 is 0.